The highest BCUT2D eigenvalue weighted by molar-refractivity contribution is 5.94. The molecular formula is C12H14N2O5. The van der Waals surface area contributed by atoms with Gasteiger partial charge in [0.05, 0.1) is 18.2 Å². The number of carbonyl (C=O) groups is 3. The number of carbonyl (C=O) groups excluding carboxylic acids is 2. The molecule has 2 amide bonds. The van der Waals surface area contributed by atoms with E-state index < -0.39 is 23.2 Å². The first kappa shape index (κ1) is 13.1. The van der Waals surface area contributed by atoms with Gasteiger partial charge in [0.15, 0.2) is 5.76 Å². The van der Waals surface area contributed by atoms with E-state index in [0.717, 1.165) is 0 Å². The Hall–Kier alpha value is -2.31. The summed E-state index contributed by atoms with van der Waals surface area (Å²) in [7, 11) is 0. The van der Waals surface area contributed by atoms with Gasteiger partial charge < -0.3 is 20.2 Å². The van der Waals surface area contributed by atoms with Crippen LogP contribution in [0.15, 0.2) is 22.8 Å². The van der Waals surface area contributed by atoms with Crippen LogP contribution in [0.2, 0.25) is 0 Å². The molecule has 1 aromatic heterocycles. The Kier molecular flexibility index (Phi) is 3.55. The SMILES string of the molecule is O=C(CNC(=O)c1ccco1)NCC1(C(=O)O)CC1. The molecule has 7 heteroatoms. The van der Waals surface area contributed by atoms with Gasteiger partial charge in [-0.1, -0.05) is 0 Å². The van der Waals surface area contributed by atoms with Gasteiger partial charge >= 0.3 is 5.97 Å². The van der Waals surface area contributed by atoms with E-state index in [9.17, 15) is 14.4 Å². The van der Waals surface area contributed by atoms with Crippen molar-refractivity contribution in [2.45, 2.75) is 12.8 Å². The standard InChI is InChI=1S/C12H14N2O5/c15-9(14-7-12(3-4-12)11(17)18)6-13-10(16)8-2-1-5-19-8/h1-2,5H,3-4,6-7H2,(H,13,16)(H,14,15)(H,17,18). The lowest BCUT2D eigenvalue weighted by Crippen LogP contribution is -2.40. The Labute approximate surface area is 109 Å². The molecule has 0 spiro atoms. The summed E-state index contributed by atoms with van der Waals surface area (Å²) in [5.74, 6) is -1.68. The van der Waals surface area contributed by atoms with Gasteiger partial charge in [-0.15, -0.1) is 0 Å². The van der Waals surface area contributed by atoms with Crippen LogP contribution in [0, 0.1) is 5.41 Å². The Bertz CT molecular complexity index is 490. The molecule has 1 aliphatic rings. The summed E-state index contributed by atoms with van der Waals surface area (Å²) in [5.41, 5.74) is -0.805. The molecule has 0 unspecified atom stereocenters. The van der Waals surface area contributed by atoms with Crippen molar-refractivity contribution in [3.63, 3.8) is 0 Å². The average Bonchev–Trinajstić information content (AvgIpc) is 2.99. The topological polar surface area (TPSA) is 109 Å². The molecule has 102 valence electrons. The minimum atomic E-state index is -0.896. The lowest BCUT2D eigenvalue weighted by Gasteiger charge is -2.11. The average molecular weight is 266 g/mol. The summed E-state index contributed by atoms with van der Waals surface area (Å²) >= 11 is 0. The molecule has 1 fully saturated rings. The molecule has 0 saturated heterocycles. The lowest BCUT2D eigenvalue weighted by atomic mass is 10.1. The van der Waals surface area contributed by atoms with Crippen molar-refractivity contribution in [3.8, 4) is 0 Å². The number of nitrogens with one attached hydrogen (secondary N) is 2. The maximum atomic E-state index is 11.5. The number of carboxylic acids is 1. The van der Waals surface area contributed by atoms with Crippen LogP contribution in [-0.4, -0.2) is 36.0 Å². The predicted octanol–water partition coefficient (Wildman–Crippen LogP) is -0.00960. The molecule has 3 N–H and O–H groups in total. The van der Waals surface area contributed by atoms with Gasteiger partial charge in [-0.2, -0.15) is 0 Å². The second-order valence-electron chi connectivity index (χ2n) is 4.52. The van der Waals surface area contributed by atoms with Gasteiger partial charge in [-0.25, -0.2) is 0 Å². The second kappa shape index (κ2) is 5.13. The van der Waals surface area contributed by atoms with Crippen molar-refractivity contribution in [3.05, 3.63) is 24.2 Å². The Morgan fingerprint density at radius 1 is 1.32 bits per heavy atom. The predicted molar refractivity (Wildman–Crippen MR) is 63.4 cm³/mol. The van der Waals surface area contributed by atoms with E-state index in [1.165, 1.54) is 12.3 Å². The van der Waals surface area contributed by atoms with Crippen LogP contribution < -0.4 is 10.6 Å². The molecule has 0 aromatic carbocycles. The molecule has 1 saturated carbocycles. The first-order valence-electron chi connectivity index (χ1n) is 5.85. The highest BCUT2D eigenvalue weighted by Gasteiger charge is 2.50. The summed E-state index contributed by atoms with van der Waals surface area (Å²) in [5, 5.41) is 13.8. The van der Waals surface area contributed by atoms with Crippen LogP contribution >= 0.6 is 0 Å². The number of carboxylic acid groups (broad SMARTS) is 1. The largest absolute Gasteiger partial charge is 0.481 e. The fourth-order valence-corrected chi connectivity index (χ4v) is 1.60. The first-order valence-corrected chi connectivity index (χ1v) is 5.85. The summed E-state index contributed by atoms with van der Waals surface area (Å²) in [6.45, 7) is -0.118. The van der Waals surface area contributed by atoms with Crippen LogP contribution in [0.3, 0.4) is 0 Å². The van der Waals surface area contributed by atoms with Crippen LogP contribution in [0.25, 0.3) is 0 Å². The minimum absolute atomic E-state index is 0.0950. The van der Waals surface area contributed by atoms with Crippen LogP contribution in [-0.2, 0) is 9.59 Å². The number of rotatable bonds is 6. The monoisotopic (exact) mass is 266 g/mol. The van der Waals surface area contributed by atoms with E-state index in [0.29, 0.717) is 12.8 Å². The third kappa shape index (κ3) is 3.12. The summed E-state index contributed by atoms with van der Waals surface area (Å²) in [6, 6.07) is 3.05. The Balaban J connectivity index is 1.71. The van der Waals surface area contributed by atoms with E-state index in [4.69, 9.17) is 9.52 Å². The van der Waals surface area contributed by atoms with Crippen molar-refractivity contribution in [1.29, 1.82) is 0 Å². The molecule has 0 aliphatic heterocycles. The lowest BCUT2D eigenvalue weighted by molar-refractivity contribution is -0.143. The highest BCUT2D eigenvalue weighted by Crippen LogP contribution is 2.45. The number of furan rings is 1. The van der Waals surface area contributed by atoms with Crippen molar-refractivity contribution in [2.75, 3.05) is 13.1 Å². The fourth-order valence-electron chi connectivity index (χ4n) is 1.60. The fraction of sp³-hybridized carbons (Fsp3) is 0.417. The van der Waals surface area contributed by atoms with Gasteiger partial charge in [-0.3, -0.25) is 14.4 Å². The molecule has 1 aromatic rings. The summed E-state index contributed by atoms with van der Waals surface area (Å²) in [6.07, 6.45) is 2.50. The van der Waals surface area contributed by atoms with E-state index in [1.54, 1.807) is 6.07 Å². The van der Waals surface area contributed by atoms with Crippen molar-refractivity contribution in [2.24, 2.45) is 5.41 Å². The zero-order chi connectivity index (χ0) is 13.9. The third-order valence-electron chi connectivity index (χ3n) is 3.09. The van der Waals surface area contributed by atoms with Crippen molar-refractivity contribution in [1.82, 2.24) is 10.6 Å². The summed E-state index contributed by atoms with van der Waals surface area (Å²) in [4.78, 5) is 33.8. The molecular weight excluding hydrogens is 252 g/mol. The van der Waals surface area contributed by atoms with E-state index >= 15 is 0 Å². The molecule has 0 radical (unpaired) electrons. The van der Waals surface area contributed by atoms with Gasteiger partial charge in [0.1, 0.15) is 0 Å². The molecule has 2 rings (SSSR count). The first-order chi connectivity index (χ1) is 9.03. The zero-order valence-electron chi connectivity index (χ0n) is 10.1. The van der Waals surface area contributed by atoms with Crippen LogP contribution in [0.1, 0.15) is 23.4 Å². The number of amides is 2. The number of aliphatic carboxylic acids is 1. The van der Waals surface area contributed by atoms with E-state index in [1.807, 2.05) is 0 Å². The van der Waals surface area contributed by atoms with Gasteiger partial charge in [-0.05, 0) is 25.0 Å². The maximum Gasteiger partial charge on any atom is 0.311 e. The van der Waals surface area contributed by atoms with Crippen LogP contribution in [0.4, 0.5) is 0 Å². The highest BCUT2D eigenvalue weighted by atomic mass is 16.4. The molecule has 1 aliphatic carbocycles. The molecule has 0 bridgehead atoms. The minimum Gasteiger partial charge on any atom is -0.481 e. The van der Waals surface area contributed by atoms with E-state index in [2.05, 4.69) is 10.6 Å². The zero-order valence-corrected chi connectivity index (χ0v) is 10.1. The normalized spacial score (nSPS) is 15.6. The Morgan fingerprint density at radius 2 is 2.05 bits per heavy atom. The summed E-state index contributed by atoms with van der Waals surface area (Å²) < 4.78 is 4.86. The van der Waals surface area contributed by atoms with Gasteiger partial charge in [0, 0.05) is 6.54 Å². The van der Waals surface area contributed by atoms with Crippen molar-refractivity contribution < 1.29 is 23.9 Å². The third-order valence-corrected chi connectivity index (χ3v) is 3.09. The molecule has 19 heavy (non-hydrogen) atoms. The van der Waals surface area contributed by atoms with Crippen molar-refractivity contribution >= 4 is 17.8 Å². The quantitative estimate of drug-likeness (QED) is 0.671. The second-order valence-corrected chi connectivity index (χ2v) is 4.52. The molecule has 7 nitrogen and oxygen atoms in total. The van der Waals surface area contributed by atoms with Gasteiger partial charge in [0.25, 0.3) is 5.91 Å². The Morgan fingerprint density at radius 3 is 2.58 bits per heavy atom. The van der Waals surface area contributed by atoms with Crippen LogP contribution in [0.5, 0.6) is 0 Å². The van der Waals surface area contributed by atoms with E-state index in [-0.39, 0.29) is 18.8 Å². The molecule has 0 atom stereocenters. The number of hydrogen-bond acceptors (Lipinski definition) is 4. The van der Waals surface area contributed by atoms with Gasteiger partial charge in [0.2, 0.25) is 5.91 Å². The smallest absolute Gasteiger partial charge is 0.311 e. The maximum absolute atomic E-state index is 11.5. The molecule has 1 heterocycles. The number of hydrogen-bond donors (Lipinski definition) is 3.